The van der Waals surface area contributed by atoms with Crippen molar-refractivity contribution in [1.29, 1.82) is 0 Å². The molecule has 0 aliphatic carbocycles. The van der Waals surface area contributed by atoms with Crippen LogP contribution < -0.4 is 9.47 Å². The lowest BCUT2D eigenvalue weighted by Crippen LogP contribution is -2.01. The molecule has 2 nitrogen and oxygen atoms in total. The Morgan fingerprint density at radius 3 is 2.29 bits per heavy atom. The Kier molecular flexibility index (Phi) is 5.51. The second-order valence-corrected chi connectivity index (χ2v) is 5.23. The zero-order valence-corrected chi connectivity index (χ0v) is 13.5. The van der Waals surface area contributed by atoms with E-state index < -0.39 is 0 Å². The minimum Gasteiger partial charge on any atom is -0.490 e. The predicted octanol–water partition coefficient (Wildman–Crippen LogP) is 5.12. The van der Waals surface area contributed by atoms with Gasteiger partial charge < -0.3 is 9.47 Å². The fraction of sp³-hybridized carbons (Fsp3) is 0.333. The first-order valence-electron chi connectivity index (χ1n) is 7.26. The van der Waals surface area contributed by atoms with Gasteiger partial charge in [-0.05, 0) is 49.6 Å². The number of benzene rings is 2. The number of aryl methyl sites for hydroxylation is 1. The summed E-state index contributed by atoms with van der Waals surface area (Å²) in [6.07, 6.45) is 0. The lowest BCUT2D eigenvalue weighted by Gasteiger charge is -2.16. The van der Waals surface area contributed by atoms with Crippen molar-refractivity contribution in [2.75, 3.05) is 13.2 Å². The molecule has 0 saturated carbocycles. The first kappa shape index (κ1) is 15.7. The van der Waals surface area contributed by atoms with Crippen LogP contribution in [0.5, 0.6) is 11.5 Å². The van der Waals surface area contributed by atoms with Crippen LogP contribution in [0, 0.1) is 6.92 Å². The zero-order chi connectivity index (χ0) is 15.2. The summed E-state index contributed by atoms with van der Waals surface area (Å²) < 4.78 is 11.2. The van der Waals surface area contributed by atoms with Crippen LogP contribution >= 0.6 is 11.6 Å². The van der Waals surface area contributed by atoms with Gasteiger partial charge in [0.2, 0.25) is 0 Å². The van der Waals surface area contributed by atoms with E-state index in [4.69, 9.17) is 21.1 Å². The van der Waals surface area contributed by atoms with Gasteiger partial charge in [0.15, 0.2) is 11.5 Å². The molecule has 0 aromatic heterocycles. The van der Waals surface area contributed by atoms with E-state index in [1.54, 1.807) is 0 Å². The Labute approximate surface area is 131 Å². The van der Waals surface area contributed by atoms with Gasteiger partial charge >= 0.3 is 0 Å². The first-order valence-corrected chi connectivity index (χ1v) is 7.70. The van der Waals surface area contributed by atoms with Gasteiger partial charge in [0, 0.05) is 0 Å². The van der Waals surface area contributed by atoms with E-state index in [0.29, 0.717) is 13.2 Å². The van der Waals surface area contributed by atoms with Crippen LogP contribution in [0.15, 0.2) is 42.5 Å². The molecule has 0 aliphatic rings. The first-order chi connectivity index (χ1) is 10.2. The molecule has 2 rings (SSSR count). The predicted molar refractivity (Wildman–Crippen MR) is 87.7 cm³/mol. The average Bonchev–Trinajstić information content (AvgIpc) is 2.49. The number of alkyl halides is 1. The van der Waals surface area contributed by atoms with E-state index in [9.17, 15) is 0 Å². The maximum atomic E-state index is 6.64. The summed E-state index contributed by atoms with van der Waals surface area (Å²) in [7, 11) is 0. The molecule has 21 heavy (non-hydrogen) atoms. The van der Waals surface area contributed by atoms with Crippen molar-refractivity contribution >= 4 is 11.6 Å². The van der Waals surface area contributed by atoms with E-state index >= 15 is 0 Å². The standard InChI is InChI=1S/C18H21ClO2/c1-4-20-16-11-10-14(12-17(16)21-5-2)18(19)15-9-7-6-8-13(15)3/h6-12,18H,4-5H2,1-3H3. The van der Waals surface area contributed by atoms with Crippen molar-refractivity contribution in [3.05, 3.63) is 59.2 Å². The molecule has 0 heterocycles. The highest BCUT2D eigenvalue weighted by Crippen LogP contribution is 2.36. The van der Waals surface area contributed by atoms with Gasteiger partial charge in [0.05, 0.1) is 18.6 Å². The SMILES string of the molecule is CCOc1ccc(C(Cl)c2ccccc2C)cc1OCC. The van der Waals surface area contributed by atoms with Crippen molar-refractivity contribution in [3.63, 3.8) is 0 Å². The molecule has 0 aliphatic heterocycles. The molecule has 0 spiro atoms. The monoisotopic (exact) mass is 304 g/mol. The molecular formula is C18H21ClO2. The van der Waals surface area contributed by atoms with Crippen molar-refractivity contribution in [1.82, 2.24) is 0 Å². The second kappa shape index (κ2) is 7.37. The lowest BCUT2D eigenvalue weighted by atomic mass is 10.00. The van der Waals surface area contributed by atoms with E-state index in [1.807, 2.05) is 44.2 Å². The molecule has 112 valence electrons. The Morgan fingerprint density at radius 1 is 0.952 bits per heavy atom. The third-order valence-electron chi connectivity index (χ3n) is 3.32. The molecule has 1 unspecified atom stereocenters. The Balaban J connectivity index is 2.35. The summed E-state index contributed by atoms with van der Waals surface area (Å²) in [5.74, 6) is 1.51. The van der Waals surface area contributed by atoms with Crippen LogP contribution in [0.1, 0.15) is 35.9 Å². The smallest absolute Gasteiger partial charge is 0.161 e. The molecule has 2 aromatic rings. The van der Waals surface area contributed by atoms with Crippen LogP contribution in [-0.4, -0.2) is 13.2 Å². The highest BCUT2D eigenvalue weighted by atomic mass is 35.5. The lowest BCUT2D eigenvalue weighted by molar-refractivity contribution is 0.287. The molecule has 0 fully saturated rings. The molecule has 0 N–H and O–H groups in total. The fourth-order valence-electron chi connectivity index (χ4n) is 2.28. The van der Waals surface area contributed by atoms with E-state index in [1.165, 1.54) is 5.56 Å². The highest BCUT2D eigenvalue weighted by molar-refractivity contribution is 6.22. The average molecular weight is 305 g/mol. The van der Waals surface area contributed by atoms with Gasteiger partial charge in [-0.15, -0.1) is 11.6 Å². The van der Waals surface area contributed by atoms with Crippen molar-refractivity contribution < 1.29 is 9.47 Å². The largest absolute Gasteiger partial charge is 0.490 e. The van der Waals surface area contributed by atoms with Crippen LogP contribution in [0.4, 0.5) is 0 Å². The maximum absolute atomic E-state index is 6.64. The minimum absolute atomic E-state index is 0.193. The summed E-state index contributed by atoms with van der Waals surface area (Å²) in [4.78, 5) is 0. The maximum Gasteiger partial charge on any atom is 0.161 e. The molecule has 0 saturated heterocycles. The van der Waals surface area contributed by atoms with Crippen LogP contribution in [0.3, 0.4) is 0 Å². The molecule has 3 heteroatoms. The Bertz CT molecular complexity index is 596. The zero-order valence-electron chi connectivity index (χ0n) is 12.7. The van der Waals surface area contributed by atoms with E-state index in [0.717, 1.165) is 22.6 Å². The molecule has 1 atom stereocenters. The quantitative estimate of drug-likeness (QED) is 0.690. The Hall–Kier alpha value is -1.67. The molecular weight excluding hydrogens is 284 g/mol. The molecule has 0 amide bonds. The summed E-state index contributed by atoms with van der Waals surface area (Å²) >= 11 is 6.64. The van der Waals surface area contributed by atoms with Gasteiger partial charge in [-0.2, -0.15) is 0 Å². The number of hydrogen-bond donors (Lipinski definition) is 0. The number of halogens is 1. The van der Waals surface area contributed by atoms with Crippen LogP contribution in [0.2, 0.25) is 0 Å². The van der Waals surface area contributed by atoms with Gasteiger partial charge in [-0.1, -0.05) is 30.3 Å². The summed E-state index contributed by atoms with van der Waals surface area (Å²) in [5, 5.41) is -0.193. The van der Waals surface area contributed by atoms with Crippen molar-refractivity contribution in [3.8, 4) is 11.5 Å². The third-order valence-corrected chi connectivity index (χ3v) is 3.81. The van der Waals surface area contributed by atoms with Crippen LogP contribution in [0.25, 0.3) is 0 Å². The van der Waals surface area contributed by atoms with Crippen LogP contribution in [-0.2, 0) is 0 Å². The number of rotatable bonds is 6. The second-order valence-electron chi connectivity index (χ2n) is 4.79. The van der Waals surface area contributed by atoms with E-state index in [-0.39, 0.29) is 5.38 Å². The fourth-order valence-corrected chi connectivity index (χ4v) is 2.66. The molecule has 0 bridgehead atoms. The van der Waals surface area contributed by atoms with Gasteiger partial charge in [-0.25, -0.2) is 0 Å². The summed E-state index contributed by atoms with van der Waals surface area (Å²) in [6, 6.07) is 14.1. The van der Waals surface area contributed by atoms with Crippen molar-refractivity contribution in [2.45, 2.75) is 26.1 Å². The normalized spacial score (nSPS) is 12.0. The van der Waals surface area contributed by atoms with E-state index in [2.05, 4.69) is 19.1 Å². The highest BCUT2D eigenvalue weighted by Gasteiger charge is 2.15. The molecule has 0 radical (unpaired) electrons. The molecule has 2 aromatic carbocycles. The third kappa shape index (κ3) is 3.70. The Morgan fingerprint density at radius 2 is 1.62 bits per heavy atom. The van der Waals surface area contributed by atoms with Gasteiger partial charge in [0.1, 0.15) is 0 Å². The van der Waals surface area contributed by atoms with Gasteiger partial charge in [-0.3, -0.25) is 0 Å². The number of hydrogen-bond acceptors (Lipinski definition) is 2. The summed E-state index contributed by atoms with van der Waals surface area (Å²) in [5.41, 5.74) is 3.31. The van der Waals surface area contributed by atoms with Crippen molar-refractivity contribution in [2.24, 2.45) is 0 Å². The minimum atomic E-state index is -0.193. The summed E-state index contributed by atoms with van der Waals surface area (Å²) in [6.45, 7) is 7.20. The topological polar surface area (TPSA) is 18.5 Å². The number of ether oxygens (including phenoxy) is 2. The van der Waals surface area contributed by atoms with Gasteiger partial charge in [0.25, 0.3) is 0 Å².